The molecule has 2 rings (SSSR count). The average Bonchev–Trinajstić information content (AvgIpc) is 2.88. The summed E-state index contributed by atoms with van der Waals surface area (Å²) in [5.41, 5.74) is 3.12. The third kappa shape index (κ3) is 3.62. The minimum Gasteiger partial charge on any atom is -0.378 e. The van der Waals surface area contributed by atoms with Crippen LogP contribution in [0.4, 0.5) is 11.4 Å². The first-order valence-corrected chi connectivity index (χ1v) is 6.92. The molecular formula is C16H22N4O. The van der Waals surface area contributed by atoms with Gasteiger partial charge in [0.25, 0.3) is 5.91 Å². The standard InChI is InChI=1S/C16H22N4O/c1-16(2,3)14-10-13(18-19-14)15(21)17-11-6-8-12(9-7-11)20(4)5/h6-10H,1-5H3,(H,17,21)(H,18,19). The minimum atomic E-state index is -0.209. The van der Waals surface area contributed by atoms with Gasteiger partial charge in [-0.1, -0.05) is 20.8 Å². The molecule has 0 aliphatic carbocycles. The number of aromatic amines is 1. The molecule has 2 N–H and O–H groups in total. The van der Waals surface area contributed by atoms with Crippen LogP contribution in [0, 0.1) is 0 Å². The van der Waals surface area contributed by atoms with E-state index >= 15 is 0 Å². The van der Waals surface area contributed by atoms with Gasteiger partial charge in [0.2, 0.25) is 0 Å². The van der Waals surface area contributed by atoms with E-state index < -0.39 is 0 Å². The van der Waals surface area contributed by atoms with Crippen molar-refractivity contribution in [3.05, 3.63) is 41.7 Å². The number of aromatic nitrogens is 2. The summed E-state index contributed by atoms with van der Waals surface area (Å²) >= 11 is 0. The van der Waals surface area contributed by atoms with Crippen LogP contribution < -0.4 is 10.2 Å². The predicted molar refractivity (Wildman–Crippen MR) is 86.0 cm³/mol. The summed E-state index contributed by atoms with van der Waals surface area (Å²) in [6.45, 7) is 6.21. The third-order valence-electron chi connectivity index (χ3n) is 3.26. The van der Waals surface area contributed by atoms with E-state index in [1.54, 1.807) is 6.07 Å². The highest BCUT2D eigenvalue weighted by atomic mass is 16.1. The molecule has 0 radical (unpaired) electrons. The Morgan fingerprint density at radius 3 is 2.29 bits per heavy atom. The van der Waals surface area contributed by atoms with E-state index in [1.165, 1.54) is 0 Å². The molecule has 1 heterocycles. The maximum absolute atomic E-state index is 12.2. The van der Waals surface area contributed by atoms with Crippen molar-refractivity contribution in [2.45, 2.75) is 26.2 Å². The maximum Gasteiger partial charge on any atom is 0.276 e. The van der Waals surface area contributed by atoms with Crippen LogP contribution in [0.3, 0.4) is 0 Å². The number of carbonyl (C=O) groups is 1. The smallest absolute Gasteiger partial charge is 0.276 e. The normalized spacial score (nSPS) is 11.3. The molecule has 0 aliphatic rings. The topological polar surface area (TPSA) is 61.0 Å². The highest BCUT2D eigenvalue weighted by Gasteiger charge is 2.19. The highest BCUT2D eigenvalue weighted by Crippen LogP contribution is 2.21. The zero-order valence-electron chi connectivity index (χ0n) is 13.2. The van der Waals surface area contributed by atoms with Crippen LogP contribution >= 0.6 is 0 Å². The molecule has 0 aliphatic heterocycles. The van der Waals surface area contributed by atoms with Crippen molar-refractivity contribution in [3.63, 3.8) is 0 Å². The van der Waals surface area contributed by atoms with Gasteiger partial charge in [-0.25, -0.2) is 0 Å². The van der Waals surface area contributed by atoms with Crippen LogP contribution in [0.5, 0.6) is 0 Å². The zero-order chi connectivity index (χ0) is 15.6. The van der Waals surface area contributed by atoms with Gasteiger partial charge < -0.3 is 10.2 Å². The van der Waals surface area contributed by atoms with Gasteiger partial charge in [-0.3, -0.25) is 9.89 Å². The van der Waals surface area contributed by atoms with Gasteiger partial charge in [0.15, 0.2) is 5.69 Å². The summed E-state index contributed by atoms with van der Waals surface area (Å²) < 4.78 is 0. The summed E-state index contributed by atoms with van der Waals surface area (Å²) in [4.78, 5) is 14.2. The molecule has 2 aromatic rings. The molecule has 0 unspecified atom stereocenters. The summed E-state index contributed by atoms with van der Waals surface area (Å²) in [7, 11) is 3.96. The average molecular weight is 286 g/mol. The lowest BCUT2D eigenvalue weighted by atomic mass is 9.92. The number of nitrogens with one attached hydrogen (secondary N) is 2. The van der Waals surface area contributed by atoms with E-state index in [0.29, 0.717) is 5.69 Å². The number of rotatable bonds is 3. The van der Waals surface area contributed by atoms with Gasteiger partial charge >= 0.3 is 0 Å². The van der Waals surface area contributed by atoms with Crippen LogP contribution in [-0.4, -0.2) is 30.2 Å². The summed E-state index contributed by atoms with van der Waals surface area (Å²) in [5, 5.41) is 9.85. The Labute approximate surface area is 125 Å². The lowest BCUT2D eigenvalue weighted by molar-refractivity contribution is 0.102. The largest absolute Gasteiger partial charge is 0.378 e. The van der Waals surface area contributed by atoms with E-state index in [-0.39, 0.29) is 11.3 Å². The van der Waals surface area contributed by atoms with Crippen LogP contribution in [0.15, 0.2) is 30.3 Å². The van der Waals surface area contributed by atoms with Crippen LogP contribution in [0.1, 0.15) is 37.0 Å². The summed E-state index contributed by atoms with van der Waals surface area (Å²) in [5.74, 6) is -0.209. The lowest BCUT2D eigenvalue weighted by Crippen LogP contribution is -2.13. The van der Waals surface area contributed by atoms with Gasteiger partial charge in [0.05, 0.1) is 0 Å². The SMILES string of the molecule is CN(C)c1ccc(NC(=O)c2cc(C(C)(C)C)[nH]n2)cc1. The van der Waals surface area contributed by atoms with Crippen LogP contribution in [0.25, 0.3) is 0 Å². The number of amides is 1. The molecule has 5 nitrogen and oxygen atoms in total. The second kappa shape index (κ2) is 5.60. The quantitative estimate of drug-likeness (QED) is 0.911. The van der Waals surface area contributed by atoms with Gasteiger partial charge in [0, 0.05) is 36.6 Å². The van der Waals surface area contributed by atoms with Crippen molar-refractivity contribution in [3.8, 4) is 0 Å². The van der Waals surface area contributed by atoms with E-state index in [1.807, 2.05) is 43.3 Å². The van der Waals surface area contributed by atoms with Gasteiger partial charge in [-0.05, 0) is 30.3 Å². The minimum absolute atomic E-state index is 0.0567. The molecule has 1 aromatic carbocycles. The molecule has 21 heavy (non-hydrogen) atoms. The Kier molecular flexibility index (Phi) is 4.02. The Hall–Kier alpha value is -2.30. The fraction of sp³-hybridized carbons (Fsp3) is 0.375. The summed E-state index contributed by atoms with van der Waals surface area (Å²) in [6, 6.07) is 9.47. The molecule has 0 spiro atoms. The Bertz CT molecular complexity index is 620. The highest BCUT2D eigenvalue weighted by molar-refractivity contribution is 6.03. The van der Waals surface area contributed by atoms with Crippen molar-refractivity contribution >= 4 is 17.3 Å². The Morgan fingerprint density at radius 2 is 1.81 bits per heavy atom. The van der Waals surface area contributed by atoms with Gasteiger partial charge in [0.1, 0.15) is 0 Å². The van der Waals surface area contributed by atoms with Crippen molar-refractivity contribution in [1.82, 2.24) is 10.2 Å². The number of hydrogen-bond acceptors (Lipinski definition) is 3. The molecule has 5 heteroatoms. The van der Waals surface area contributed by atoms with Gasteiger partial charge in [-0.2, -0.15) is 5.10 Å². The second-order valence-corrected chi connectivity index (χ2v) is 6.31. The zero-order valence-corrected chi connectivity index (χ0v) is 13.2. The first-order chi connectivity index (χ1) is 9.77. The third-order valence-corrected chi connectivity index (χ3v) is 3.26. The first kappa shape index (κ1) is 15.1. The van der Waals surface area contributed by atoms with E-state index in [9.17, 15) is 4.79 Å². The number of benzene rings is 1. The number of nitrogens with zero attached hydrogens (tertiary/aromatic N) is 2. The molecular weight excluding hydrogens is 264 g/mol. The number of carbonyl (C=O) groups excluding carboxylic acids is 1. The van der Waals surface area contributed by atoms with E-state index in [0.717, 1.165) is 17.1 Å². The molecule has 0 bridgehead atoms. The second-order valence-electron chi connectivity index (χ2n) is 6.31. The molecule has 112 valence electrons. The number of hydrogen-bond donors (Lipinski definition) is 2. The Balaban J connectivity index is 2.09. The fourth-order valence-electron chi connectivity index (χ4n) is 1.86. The molecule has 0 saturated heterocycles. The van der Waals surface area contributed by atoms with Crippen molar-refractivity contribution < 1.29 is 4.79 Å². The monoisotopic (exact) mass is 286 g/mol. The number of anilines is 2. The van der Waals surface area contributed by atoms with Crippen molar-refractivity contribution in [2.75, 3.05) is 24.3 Å². The fourth-order valence-corrected chi connectivity index (χ4v) is 1.86. The molecule has 0 fully saturated rings. The first-order valence-electron chi connectivity index (χ1n) is 6.92. The maximum atomic E-state index is 12.2. The van der Waals surface area contributed by atoms with Gasteiger partial charge in [-0.15, -0.1) is 0 Å². The van der Waals surface area contributed by atoms with E-state index in [4.69, 9.17) is 0 Å². The van der Waals surface area contributed by atoms with Crippen LogP contribution in [-0.2, 0) is 5.41 Å². The lowest BCUT2D eigenvalue weighted by Gasteiger charge is -2.14. The van der Waals surface area contributed by atoms with E-state index in [2.05, 4.69) is 36.3 Å². The Morgan fingerprint density at radius 1 is 1.19 bits per heavy atom. The van der Waals surface area contributed by atoms with Crippen molar-refractivity contribution in [2.24, 2.45) is 0 Å². The predicted octanol–water partition coefficient (Wildman–Crippen LogP) is 3.03. The van der Waals surface area contributed by atoms with Crippen molar-refractivity contribution in [1.29, 1.82) is 0 Å². The van der Waals surface area contributed by atoms with Crippen LogP contribution in [0.2, 0.25) is 0 Å². The molecule has 0 atom stereocenters. The number of H-pyrrole nitrogens is 1. The molecule has 1 aromatic heterocycles. The molecule has 1 amide bonds. The molecule has 0 saturated carbocycles. The summed E-state index contributed by atoms with van der Waals surface area (Å²) in [6.07, 6.45) is 0.